The highest BCUT2D eigenvalue weighted by Crippen LogP contribution is 2.40. The van der Waals surface area contributed by atoms with Gasteiger partial charge >= 0.3 is 0 Å². The van der Waals surface area contributed by atoms with Crippen LogP contribution in [0.15, 0.2) is 24.3 Å². The Hall–Kier alpha value is -1.39. The van der Waals surface area contributed by atoms with Crippen molar-refractivity contribution in [3.63, 3.8) is 0 Å². The molecule has 0 radical (unpaired) electrons. The van der Waals surface area contributed by atoms with Crippen LogP contribution in [0.3, 0.4) is 0 Å². The van der Waals surface area contributed by atoms with Gasteiger partial charge in [0.1, 0.15) is 11.5 Å². The molecule has 0 amide bonds. The Morgan fingerprint density at radius 3 is 2.52 bits per heavy atom. The molecular formula is C17H27NO3. The second-order valence-corrected chi connectivity index (χ2v) is 6.15. The fourth-order valence-electron chi connectivity index (χ4n) is 2.46. The van der Waals surface area contributed by atoms with Gasteiger partial charge in [-0.25, -0.2) is 0 Å². The molecule has 2 rings (SSSR count). The van der Waals surface area contributed by atoms with Gasteiger partial charge in [-0.15, -0.1) is 0 Å². The number of carbonyl (C=O) groups is 1. The van der Waals surface area contributed by atoms with Crippen LogP contribution in [0.4, 0.5) is 0 Å². The van der Waals surface area contributed by atoms with Crippen molar-refractivity contribution in [3.8, 4) is 5.75 Å². The normalized spacial score (nSPS) is 25.3. The summed E-state index contributed by atoms with van der Waals surface area (Å²) in [7, 11) is 7.60. The summed E-state index contributed by atoms with van der Waals surface area (Å²) >= 11 is 0. The number of ketones is 1. The minimum Gasteiger partial charge on any atom is -0.497 e. The second-order valence-electron chi connectivity index (χ2n) is 6.15. The fraction of sp³-hybridized carbons (Fsp3) is 0.588. The number of rotatable bonds is 2. The number of hydrogen-bond donors (Lipinski definition) is 1. The van der Waals surface area contributed by atoms with Gasteiger partial charge in [-0.2, -0.15) is 0 Å². The van der Waals surface area contributed by atoms with Crippen LogP contribution < -0.4 is 4.74 Å². The summed E-state index contributed by atoms with van der Waals surface area (Å²) in [6.45, 7) is 1.99. The summed E-state index contributed by atoms with van der Waals surface area (Å²) in [5.41, 5.74) is -0.262. The number of benzene rings is 1. The number of carbonyl (C=O) groups excluding carboxylic acids is 1. The molecule has 4 heteroatoms. The van der Waals surface area contributed by atoms with Crippen molar-refractivity contribution < 1.29 is 14.6 Å². The van der Waals surface area contributed by atoms with Gasteiger partial charge in [-0.05, 0) is 51.2 Å². The van der Waals surface area contributed by atoms with Gasteiger partial charge in [-0.1, -0.05) is 19.1 Å². The summed E-state index contributed by atoms with van der Waals surface area (Å²) in [5.74, 6) is 0.932. The molecule has 1 N–H and O–H groups in total. The number of methoxy groups -OCH3 is 1. The third kappa shape index (κ3) is 4.83. The Balaban J connectivity index is 0.000000491. The first-order chi connectivity index (χ1) is 9.79. The minimum absolute atomic E-state index is 0.0901. The van der Waals surface area contributed by atoms with Crippen molar-refractivity contribution in [1.29, 1.82) is 0 Å². The van der Waals surface area contributed by atoms with Gasteiger partial charge < -0.3 is 14.7 Å². The molecule has 0 bridgehead atoms. The quantitative estimate of drug-likeness (QED) is 0.910. The lowest BCUT2D eigenvalue weighted by atomic mass is 9.72. The average Bonchev–Trinajstić information content (AvgIpc) is 2.43. The molecule has 0 aliphatic heterocycles. The van der Waals surface area contributed by atoms with E-state index in [1.54, 1.807) is 7.11 Å². The predicted molar refractivity (Wildman–Crippen MR) is 84.5 cm³/mol. The number of hydrogen-bond acceptors (Lipinski definition) is 4. The van der Waals surface area contributed by atoms with Gasteiger partial charge in [0, 0.05) is 12.8 Å². The van der Waals surface area contributed by atoms with Crippen LogP contribution in [0, 0.1) is 5.92 Å². The SMILES string of the molecule is CN(C)C.COc1cccc(C2(O)CC(=O)CCC2C)c1. The van der Waals surface area contributed by atoms with Crippen molar-refractivity contribution in [2.24, 2.45) is 5.92 Å². The van der Waals surface area contributed by atoms with E-state index < -0.39 is 5.60 Å². The van der Waals surface area contributed by atoms with Gasteiger partial charge in [0.05, 0.1) is 12.7 Å². The van der Waals surface area contributed by atoms with Gasteiger partial charge in [0.25, 0.3) is 0 Å². The third-order valence-corrected chi connectivity index (χ3v) is 3.71. The zero-order valence-corrected chi connectivity index (χ0v) is 13.7. The molecule has 0 aromatic heterocycles. The molecule has 1 aliphatic carbocycles. The lowest BCUT2D eigenvalue weighted by Gasteiger charge is -2.37. The molecule has 1 aromatic carbocycles. The van der Waals surface area contributed by atoms with Crippen molar-refractivity contribution >= 4 is 5.78 Å². The number of ether oxygens (including phenoxy) is 1. The molecule has 4 nitrogen and oxygen atoms in total. The van der Waals surface area contributed by atoms with E-state index in [1.165, 1.54) is 0 Å². The van der Waals surface area contributed by atoms with E-state index in [9.17, 15) is 9.90 Å². The molecule has 0 saturated heterocycles. The molecule has 1 saturated carbocycles. The summed E-state index contributed by atoms with van der Waals surface area (Å²) in [6, 6.07) is 7.35. The third-order valence-electron chi connectivity index (χ3n) is 3.71. The second kappa shape index (κ2) is 7.57. The Labute approximate surface area is 127 Å². The summed E-state index contributed by atoms with van der Waals surface area (Å²) < 4.78 is 5.16. The van der Waals surface area contributed by atoms with Crippen molar-refractivity contribution in [2.45, 2.75) is 31.8 Å². The molecule has 2 atom stereocenters. The van der Waals surface area contributed by atoms with E-state index in [0.717, 1.165) is 12.0 Å². The highest BCUT2D eigenvalue weighted by molar-refractivity contribution is 5.80. The summed E-state index contributed by atoms with van der Waals surface area (Å²) in [5, 5.41) is 10.7. The molecule has 118 valence electrons. The van der Waals surface area contributed by atoms with Crippen molar-refractivity contribution in [3.05, 3.63) is 29.8 Å². The Morgan fingerprint density at radius 1 is 1.33 bits per heavy atom. The largest absolute Gasteiger partial charge is 0.497 e. The van der Waals surface area contributed by atoms with E-state index in [1.807, 2.05) is 57.2 Å². The smallest absolute Gasteiger partial charge is 0.136 e. The lowest BCUT2D eigenvalue weighted by Crippen LogP contribution is -2.39. The van der Waals surface area contributed by atoms with E-state index in [4.69, 9.17) is 4.74 Å². The zero-order chi connectivity index (χ0) is 16.0. The van der Waals surface area contributed by atoms with Gasteiger partial charge in [0.15, 0.2) is 0 Å². The maximum atomic E-state index is 11.6. The summed E-state index contributed by atoms with van der Waals surface area (Å²) in [4.78, 5) is 13.6. The maximum Gasteiger partial charge on any atom is 0.136 e. The van der Waals surface area contributed by atoms with E-state index in [-0.39, 0.29) is 18.1 Å². The standard InChI is InChI=1S/C14H18O3.C3H9N/c1-10-6-7-12(15)9-14(10,16)11-4-3-5-13(8-11)17-2;1-4(2)3/h3-5,8,10,16H,6-7,9H2,1-2H3;1-3H3. The van der Waals surface area contributed by atoms with Gasteiger partial charge in [0.2, 0.25) is 0 Å². The van der Waals surface area contributed by atoms with Crippen LogP contribution in [0.1, 0.15) is 31.7 Å². The fourth-order valence-corrected chi connectivity index (χ4v) is 2.46. The Morgan fingerprint density at radius 2 is 1.95 bits per heavy atom. The average molecular weight is 293 g/mol. The minimum atomic E-state index is -1.04. The van der Waals surface area contributed by atoms with E-state index in [2.05, 4.69) is 0 Å². The molecule has 0 spiro atoms. The van der Waals surface area contributed by atoms with Crippen LogP contribution in [-0.4, -0.2) is 44.0 Å². The lowest BCUT2D eigenvalue weighted by molar-refractivity contribution is -0.133. The van der Waals surface area contributed by atoms with Crippen LogP contribution in [0.5, 0.6) is 5.75 Å². The highest BCUT2D eigenvalue weighted by Gasteiger charge is 2.41. The topological polar surface area (TPSA) is 49.8 Å². The van der Waals surface area contributed by atoms with Gasteiger partial charge in [-0.3, -0.25) is 4.79 Å². The maximum absolute atomic E-state index is 11.6. The first-order valence-electron chi connectivity index (χ1n) is 7.29. The molecule has 21 heavy (non-hydrogen) atoms. The summed E-state index contributed by atoms with van der Waals surface area (Å²) in [6.07, 6.45) is 1.53. The van der Waals surface area contributed by atoms with E-state index in [0.29, 0.717) is 12.2 Å². The molecule has 1 aliphatic rings. The first-order valence-corrected chi connectivity index (χ1v) is 7.29. The molecule has 2 unspecified atom stereocenters. The number of nitrogens with zero attached hydrogens (tertiary/aromatic N) is 1. The number of Topliss-reactive ketones (excluding diaryl/α,β-unsaturated/α-hetero) is 1. The van der Waals surface area contributed by atoms with Crippen LogP contribution in [0.2, 0.25) is 0 Å². The Kier molecular flexibility index (Phi) is 6.37. The van der Waals surface area contributed by atoms with E-state index >= 15 is 0 Å². The number of aliphatic hydroxyl groups is 1. The Bertz CT molecular complexity index is 470. The van der Waals surface area contributed by atoms with Crippen molar-refractivity contribution in [1.82, 2.24) is 4.90 Å². The van der Waals surface area contributed by atoms with Crippen LogP contribution in [-0.2, 0) is 10.4 Å². The molecule has 1 fully saturated rings. The monoisotopic (exact) mass is 293 g/mol. The molecule has 1 aromatic rings. The van der Waals surface area contributed by atoms with Crippen LogP contribution in [0.25, 0.3) is 0 Å². The molecular weight excluding hydrogens is 266 g/mol. The highest BCUT2D eigenvalue weighted by atomic mass is 16.5. The molecule has 0 heterocycles. The van der Waals surface area contributed by atoms with Crippen molar-refractivity contribution in [2.75, 3.05) is 28.3 Å². The zero-order valence-electron chi connectivity index (χ0n) is 13.7. The first kappa shape index (κ1) is 17.7. The predicted octanol–water partition coefficient (Wildman–Crippen LogP) is 2.45. The van der Waals surface area contributed by atoms with Crippen LogP contribution >= 0.6 is 0 Å².